The fraction of sp³-hybridized carbons (Fsp3) is 0.269. The van der Waals surface area contributed by atoms with Crippen molar-refractivity contribution in [2.24, 2.45) is 5.41 Å². The molecule has 0 unspecified atom stereocenters. The smallest absolute Gasteiger partial charge is 0.384 e. The van der Waals surface area contributed by atoms with E-state index in [0.717, 1.165) is 42.8 Å². The molecule has 10 radical (unpaired) electrons. The zero-order valence-corrected chi connectivity index (χ0v) is 19.8. The van der Waals surface area contributed by atoms with E-state index in [1.165, 1.54) is 11.8 Å². The maximum atomic E-state index is 6.13. The Hall–Kier alpha value is -0.801. The van der Waals surface area contributed by atoms with Gasteiger partial charge in [-0.05, 0) is 92.9 Å². The Kier molecular flexibility index (Phi) is 9.11. The second-order valence-electron chi connectivity index (χ2n) is 8.77. The molecule has 0 atom stereocenters. The van der Waals surface area contributed by atoms with Gasteiger partial charge in [0.05, 0.1) is 5.52 Å². The van der Waals surface area contributed by atoms with Crippen molar-refractivity contribution in [2.45, 2.75) is 13.8 Å². The number of pyridine rings is 1. The third-order valence-corrected chi connectivity index (χ3v) is 5.62. The van der Waals surface area contributed by atoms with Gasteiger partial charge < -0.3 is 10.2 Å². The number of fused-ring (bicyclic) bond motifs is 1. The van der Waals surface area contributed by atoms with Gasteiger partial charge in [0.25, 0.3) is 0 Å². The van der Waals surface area contributed by atoms with Crippen molar-refractivity contribution in [1.82, 2.24) is 9.88 Å². The average Bonchev–Trinajstić information content (AvgIpc) is 3.40. The summed E-state index contributed by atoms with van der Waals surface area (Å²) >= 11 is 6.13. The van der Waals surface area contributed by atoms with Crippen LogP contribution in [0.15, 0.2) is 30.5 Å². The monoisotopic (exact) mass is 473 g/mol. The first-order chi connectivity index (χ1) is 14.5. The van der Waals surface area contributed by atoms with E-state index in [1.807, 2.05) is 30.5 Å². The van der Waals surface area contributed by atoms with E-state index < -0.39 is 0 Å². The number of rotatable bonds is 9. The molecule has 0 aliphatic heterocycles. The number of nitrogens with one attached hydrogen (secondary N) is 1. The molecular weight excluding hydrogens is 446 g/mol. The predicted octanol–water partition coefficient (Wildman–Crippen LogP) is 5.44. The molecular formula is C26H28ClFeN3+2. The normalized spacial score (nSPS) is 18.1. The van der Waals surface area contributed by atoms with Crippen LogP contribution in [0.4, 0.5) is 5.69 Å². The molecule has 5 heteroatoms. The number of hydrogen-bond acceptors (Lipinski definition) is 3. The Bertz CT molecular complexity index is 811. The van der Waals surface area contributed by atoms with E-state index in [-0.39, 0.29) is 22.5 Å². The Labute approximate surface area is 204 Å². The molecule has 1 aromatic heterocycles. The molecule has 160 valence electrons. The van der Waals surface area contributed by atoms with Crippen LogP contribution in [0.5, 0.6) is 0 Å². The first-order valence-electron chi connectivity index (χ1n) is 10.4. The van der Waals surface area contributed by atoms with E-state index in [0.29, 0.717) is 5.02 Å². The fourth-order valence-corrected chi connectivity index (χ4v) is 4.16. The van der Waals surface area contributed by atoms with Crippen molar-refractivity contribution in [1.29, 1.82) is 0 Å². The first kappa shape index (κ1) is 24.8. The molecule has 0 spiro atoms. The molecule has 4 rings (SSSR count). The third kappa shape index (κ3) is 7.09. The fourth-order valence-electron chi connectivity index (χ4n) is 3.99. The van der Waals surface area contributed by atoms with Gasteiger partial charge in [-0.25, -0.2) is 0 Å². The van der Waals surface area contributed by atoms with Crippen LogP contribution in [0.25, 0.3) is 10.9 Å². The van der Waals surface area contributed by atoms with E-state index in [2.05, 4.69) is 80.4 Å². The van der Waals surface area contributed by atoms with Crippen LogP contribution in [0.2, 0.25) is 5.02 Å². The van der Waals surface area contributed by atoms with Crippen LogP contribution in [-0.4, -0.2) is 36.1 Å². The van der Waals surface area contributed by atoms with Gasteiger partial charge in [-0.3, -0.25) is 4.98 Å². The van der Waals surface area contributed by atoms with Crippen LogP contribution in [-0.2, 0) is 17.1 Å². The van der Waals surface area contributed by atoms with Crippen molar-refractivity contribution >= 4 is 28.2 Å². The van der Waals surface area contributed by atoms with Gasteiger partial charge in [-0.1, -0.05) is 25.4 Å². The Morgan fingerprint density at radius 1 is 0.935 bits per heavy atom. The van der Waals surface area contributed by atoms with E-state index in [4.69, 9.17) is 11.6 Å². The first-order valence-corrected chi connectivity index (χ1v) is 10.8. The van der Waals surface area contributed by atoms with Gasteiger partial charge in [0, 0.05) is 48.5 Å². The summed E-state index contributed by atoms with van der Waals surface area (Å²) in [4.78, 5) is 6.98. The second kappa shape index (κ2) is 11.4. The quantitative estimate of drug-likeness (QED) is 0.492. The minimum atomic E-state index is 0. The SMILES string of the molecule is CC(C)(CNc1ccnc2cc(Cl)ccc12)CN(C[C]1[CH][CH][CH][CH]1)C[C]1[CH][CH][CH][CH]1.[Fe+2]. The molecule has 2 fully saturated rings. The molecule has 0 bridgehead atoms. The molecule has 0 saturated heterocycles. The summed E-state index contributed by atoms with van der Waals surface area (Å²) in [7, 11) is 0. The standard InChI is InChI=1S/C26H28ClN3.Fe/c1-26(2,18-29-24-13-14-28-25-15-22(27)11-12-23(24)25)19-30(16-20-7-3-4-8-20)17-21-9-5-6-10-21;/h3-15H,16-19H2,1-2H3,(H,28,29);/q;+2. The molecule has 0 amide bonds. The summed E-state index contributed by atoms with van der Waals surface area (Å²) < 4.78 is 0. The van der Waals surface area contributed by atoms with Gasteiger partial charge in [0.1, 0.15) is 0 Å². The number of halogens is 1. The van der Waals surface area contributed by atoms with Gasteiger partial charge in [-0.15, -0.1) is 0 Å². The van der Waals surface area contributed by atoms with Crippen molar-refractivity contribution in [3.05, 3.63) is 98.7 Å². The molecule has 2 aliphatic carbocycles. The van der Waals surface area contributed by atoms with Crippen LogP contribution < -0.4 is 5.32 Å². The molecule has 1 N–H and O–H groups in total. The largest absolute Gasteiger partial charge is 2.00 e. The van der Waals surface area contributed by atoms with Crippen molar-refractivity contribution in [3.8, 4) is 0 Å². The van der Waals surface area contributed by atoms with Crippen LogP contribution in [0.1, 0.15) is 13.8 Å². The topological polar surface area (TPSA) is 28.2 Å². The van der Waals surface area contributed by atoms with Gasteiger partial charge in [0.2, 0.25) is 0 Å². The Balaban J connectivity index is 0.00000272. The van der Waals surface area contributed by atoms with Crippen LogP contribution in [0, 0.1) is 68.6 Å². The number of aromatic nitrogens is 1. The van der Waals surface area contributed by atoms with Crippen LogP contribution in [0.3, 0.4) is 0 Å². The van der Waals surface area contributed by atoms with E-state index >= 15 is 0 Å². The van der Waals surface area contributed by atoms with Crippen molar-refractivity contribution in [2.75, 3.05) is 31.5 Å². The number of hydrogen-bond donors (Lipinski definition) is 1. The molecule has 2 aliphatic rings. The second-order valence-corrected chi connectivity index (χ2v) is 9.21. The number of anilines is 1. The van der Waals surface area contributed by atoms with Gasteiger partial charge >= 0.3 is 17.1 Å². The number of nitrogens with zero attached hydrogens (tertiary/aromatic N) is 2. The third-order valence-electron chi connectivity index (χ3n) is 5.39. The molecule has 1 heterocycles. The predicted molar refractivity (Wildman–Crippen MR) is 126 cm³/mol. The van der Waals surface area contributed by atoms with E-state index in [1.54, 1.807) is 0 Å². The maximum absolute atomic E-state index is 6.13. The Morgan fingerprint density at radius 3 is 2.16 bits per heavy atom. The Morgan fingerprint density at radius 2 is 1.55 bits per heavy atom. The molecule has 3 nitrogen and oxygen atoms in total. The zero-order chi connectivity index (χ0) is 21.0. The summed E-state index contributed by atoms with van der Waals surface area (Å²) in [6.45, 7) is 8.42. The molecule has 31 heavy (non-hydrogen) atoms. The molecule has 2 aromatic rings. The van der Waals surface area contributed by atoms with Gasteiger partial charge in [-0.2, -0.15) is 0 Å². The molecule has 1 aromatic carbocycles. The maximum Gasteiger partial charge on any atom is 2.00 e. The average molecular weight is 474 g/mol. The number of benzene rings is 1. The summed E-state index contributed by atoms with van der Waals surface area (Å²) in [5, 5.41) is 5.47. The van der Waals surface area contributed by atoms with Crippen molar-refractivity contribution < 1.29 is 17.1 Å². The van der Waals surface area contributed by atoms with E-state index in [9.17, 15) is 0 Å². The summed E-state index contributed by atoms with van der Waals surface area (Å²) in [6, 6.07) is 7.91. The minimum Gasteiger partial charge on any atom is -0.384 e. The van der Waals surface area contributed by atoms with Crippen LogP contribution >= 0.6 is 11.6 Å². The summed E-state index contributed by atoms with van der Waals surface area (Å²) in [5.41, 5.74) is 2.10. The van der Waals surface area contributed by atoms with Gasteiger partial charge in [0.15, 0.2) is 0 Å². The zero-order valence-electron chi connectivity index (χ0n) is 18.0. The minimum absolute atomic E-state index is 0. The summed E-state index contributed by atoms with van der Waals surface area (Å²) in [5.74, 6) is 2.73. The van der Waals surface area contributed by atoms with Crippen molar-refractivity contribution in [3.63, 3.8) is 0 Å². The summed E-state index contributed by atoms with van der Waals surface area (Å²) in [6.07, 6.45) is 19.1. The molecule has 2 saturated carbocycles.